The number of hydrogen-bond acceptors (Lipinski definition) is 7. The standard InChI is InChI=1S/C13H16N4O3S/c1-9(10-4-3-5-11(8-10)17(18)19)14-13-15-12(16-21-13)6-7-20-2/h3-5,8-9H,6-7H2,1-2H3,(H,14,15,16). The van der Waals surface area contributed by atoms with E-state index in [4.69, 9.17) is 4.74 Å². The van der Waals surface area contributed by atoms with Crippen LogP contribution in [-0.4, -0.2) is 28.0 Å². The fraction of sp³-hybridized carbons (Fsp3) is 0.385. The lowest BCUT2D eigenvalue weighted by Crippen LogP contribution is -2.07. The van der Waals surface area contributed by atoms with E-state index in [1.165, 1.54) is 17.6 Å². The van der Waals surface area contributed by atoms with Crippen LogP contribution in [0.3, 0.4) is 0 Å². The summed E-state index contributed by atoms with van der Waals surface area (Å²) < 4.78 is 9.21. The van der Waals surface area contributed by atoms with Crippen molar-refractivity contribution in [3.8, 4) is 0 Å². The molecule has 1 atom stereocenters. The fourth-order valence-corrected chi connectivity index (χ4v) is 2.48. The number of nitrogens with one attached hydrogen (secondary N) is 1. The Morgan fingerprint density at radius 1 is 1.52 bits per heavy atom. The first-order valence-electron chi connectivity index (χ1n) is 6.42. The number of hydrogen-bond donors (Lipinski definition) is 1. The fourth-order valence-electron chi connectivity index (χ4n) is 1.78. The third-order valence-electron chi connectivity index (χ3n) is 2.92. The molecule has 0 fully saturated rings. The Labute approximate surface area is 126 Å². The minimum Gasteiger partial charge on any atom is -0.384 e. The summed E-state index contributed by atoms with van der Waals surface area (Å²) in [5.41, 5.74) is 0.914. The van der Waals surface area contributed by atoms with Crippen molar-refractivity contribution in [2.75, 3.05) is 19.0 Å². The monoisotopic (exact) mass is 308 g/mol. The molecule has 1 heterocycles. The van der Waals surface area contributed by atoms with Gasteiger partial charge in [0.05, 0.1) is 17.6 Å². The van der Waals surface area contributed by atoms with Crippen LogP contribution in [0, 0.1) is 10.1 Å². The summed E-state index contributed by atoms with van der Waals surface area (Å²) >= 11 is 1.27. The maximum absolute atomic E-state index is 10.8. The minimum atomic E-state index is -0.399. The van der Waals surface area contributed by atoms with Gasteiger partial charge in [-0.25, -0.2) is 4.98 Å². The zero-order valence-corrected chi connectivity index (χ0v) is 12.6. The second-order valence-corrected chi connectivity index (χ2v) is 5.23. The smallest absolute Gasteiger partial charge is 0.269 e. The van der Waals surface area contributed by atoms with Crippen LogP contribution in [0.5, 0.6) is 0 Å². The van der Waals surface area contributed by atoms with Gasteiger partial charge >= 0.3 is 0 Å². The Balaban J connectivity index is 2.03. The van der Waals surface area contributed by atoms with E-state index in [1.807, 2.05) is 13.0 Å². The molecule has 0 aliphatic carbocycles. The molecule has 7 nitrogen and oxygen atoms in total. The summed E-state index contributed by atoms with van der Waals surface area (Å²) in [4.78, 5) is 14.7. The number of nitro groups is 1. The summed E-state index contributed by atoms with van der Waals surface area (Å²) in [5.74, 6) is 0.732. The van der Waals surface area contributed by atoms with Gasteiger partial charge in [0.2, 0.25) is 5.13 Å². The predicted octanol–water partition coefficient (Wildman–Crippen LogP) is 2.81. The van der Waals surface area contributed by atoms with E-state index < -0.39 is 4.92 Å². The molecule has 0 bridgehead atoms. The molecule has 8 heteroatoms. The van der Waals surface area contributed by atoms with Gasteiger partial charge in [0.1, 0.15) is 5.82 Å². The highest BCUT2D eigenvalue weighted by atomic mass is 32.1. The van der Waals surface area contributed by atoms with Crippen molar-refractivity contribution in [2.24, 2.45) is 0 Å². The number of benzene rings is 1. The number of methoxy groups -OCH3 is 1. The molecule has 0 radical (unpaired) electrons. The topological polar surface area (TPSA) is 90.2 Å². The van der Waals surface area contributed by atoms with Crippen molar-refractivity contribution >= 4 is 22.4 Å². The second-order valence-electron chi connectivity index (χ2n) is 4.48. The van der Waals surface area contributed by atoms with Crippen molar-refractivity contribution in [2.45, 2.75) is 19.4 Å². The average Bonchev–Trinajstić information content (AvgIpc) is 2.92. The van der Waals surface area contributed by atoms with Gasteiger partial charge in [0, 0.05) is 37.2 Å². The van der Waals surface area contributed by atoms with Crippen molar-refractivity contribution < 1.29 is 9.66 Å². The molecule has 0 amide bonds. The summed E-state index contributed by atoms with van der Waals surface area (Å²) in [6, 6.07) is 6.47. The first-order valence-corrected chi connectivity index (χ1v) is 7.20. The van der Waals surface area contributed by atoms with Crippen molar-refractivity contribution in [1.82, 2.24) is 9.36 Å². The highest BCUT2D eigenvalue weighted by Gasteiger charge is 2.12. The molecule has 2 aromatic rings. The lowest BCUT2D eigenvalue weighted by molar-refractivity contribution is -0.384. The molecule has 0 aliphatic rings. The summed E-state index contributed by atoms with van der Waals surface area (Å²) in [6.07, 6.45) is 0.667. The molecule has 112 valence electrons. The van der Waals surface area contributed by atoms with Crippen LogP contribution in [0.2, 0.25) is 0 Å². The van der Waals surface area contributed by atoms with E-state index in [0.29, 0.717) is 18.2 Å². The van der Waals surface area contributed by atoms with Gasteiger partial charge in [0.25, 0.3) is 5.69 Å². The lowest BCUT2D eigenvalue weighted by Gasteiger charge is -2.12. The SMILES string of the molecule is COCCc1nsc(NC(C)c2cccc([N+](=O)[O-])c2)n1. The van der Waals surface area contributed by atoms with Gasteiger partial charge in [-0.1, -0.05) is 12.1 Å². The summed E-state index contributed by atoms with van der Waals surface area (Å²) in [6.45, 7) is 2.51. The number of nitrogens with zero attached hydrogens (tertiary/aromatic N) is 3. The predicted molar refractivity (Wildman–Crippen MR) is 80.6 cm³/mol. The molecule has 0 spiro atoms. The summed E-state index contributed by atoms with van der Waals surface area (Å²) in [5, 5.41) is 14.7. The van der Waals surface area contributed by atoms with Gasteiger partial charge in [-0.3, -0.25) is 10.1 Å². The van der Waals surface area contributed by atoms with Crippen LogP contribution < -0.4 is 5.32 Å². The molecule has 0 saturated carbocycles. The number of aromatic nitrogens is 2. The van der Waals surface area contributed by atoms with Crippen molar-refractivity contribution in [3.63, 3.8) is 0 Å². The number of non-ortho nitro benzene ring substituents is 1. The first kappa shape index (κ1) is 15.3. The van der Waals surface area contributed by atoms with Crippen LogP contribution >= 0.6 is 11.5 Å². The van der Waals surface area contributed by atoms with E-state index in [1.54, 1.807) is 19.2 Å². The first-order chi connectivity index (χ1) is 10.1. The van der Waals surface area contributed by atoms with E-state index in [-0.39, 0.29) is 11.7 Å². The van der Waals surface area contributed by atoms with E-state index in [9.17, 15) is 10.1 Å². The Hall–Kier alpha value is -2.06. The van der Waals surface area contributed by atoms with E-state index in [2.05, 4.69) is 14.7 Å². The number of anilines is 1. The number of nitro benzene ring substituents is 1. The van der Waals surface area contributed by atoms with Gasteiger partial charge in [0.15, 0.2) is 0 Å². The van der Waals surface area contributed by atoms with E-state index in [0.717, 1.165) is 11.4 Å². The molecular formula is C13H16N4O3S. The molecule has 0 saturated heterocycles. The second kappa shape index (κ2) is 7.09. The maximum Gasteiger partial charge on any atom is 0.269 e. The average molecular weight is 308 g/mol. The Morgan fingerprint density at radius 2 is 2.33 bits per heavy atom. The van der Waals surface area contributed by atoms with Crippen LogP contribution in [0.25, 0.3) is 0 Å². The van der Waals surface area contributed by atoms with Crippen LogP contribution in [-0.2, 0) is 11.2 Å². The lowest BCUT2D eigenvalue weighted by atomic mass is 10.1. The zero-order valence-electron chi connectivity index (χ0n) is 11.8. The highest BCUT2D eigenvalue weighted by Crippen LogP contribution is 2.23. The normalized spacial score (nSPS) is 12.1. The molecule has 1 aromatic heterocycles. The zero-order chi connectivity index (χ0) is 15.2. The van der Waals surface area contributed by atoms with E-state index >= 15 is 0 Å². The third kappa shape index (κ3) is 4.20. The van der Waals surface area contributed by atoms with Gasteiger partial charge in [-0.05, 0) is 12.5 Å². The number of rotatable bonds is 7. The van der Waals surface area contributed by atoms with Gasteiger partial charge in [-0.15, -0.1) is 0 Å². The van der Waals surface area contributed by atoms with Gasteiger partial charge in [-0.2, -0.15) is 4.37 Å². The molecule has 21 heavy (non-hydrogen) atoms. The van der Waals surface area contributed by atoms with Crippen molar-refractivity contribution in [1.29, 1.82) is 0 Å². The molecule has 0 aliphatic heterocycles. The Bertz CT molecular complexity index is 617. The molecule has 1 unspecified atom stereocenters. The van der Waals surface area contributed by atoms with Crippen LogP contribution in [0.4, 0.5) is 10.8 Å². The molecule has 1 aromatic carbocycles. The summed E-state index contributed by atoms with van der Waals surface area (Å²) in [7, 11) is 1.63. The maximum atomic E-state index is 10.8. The molecular weight excluding hydrogens is 292 g/mol. The largest absolute Gasteiger partial charge is 0.384 e. The Morgan fingerprint density at radius 3 is 3.05 bits per heavy atom. The minimum absolute atomic E-state index is 0.0826. The quantitative estimate of drug-likeness (QED) is 0.625. The van der Waals surface area contributed by atoms with Crippen LogP contribution in [0.1, 0.15) is 24.4 Å². The van der Waals surface area contributed by atoms with Gasteiger partial charge < -0.3 is 10.1 Å². The number of ether oxygens (including phenoxy) is 1. The third-order valence-corrected chi connectivity index (χ3v) is 3.60. The van der Waals surface area contributed by atoms with Crippen molar-refractivity contribution in [3.05, 3.63) is 45.8 Å². The molecule has 2 rings (SSSR count). The highest BCUT2D eigenvalue weighted by molar-refractivity contribution is 7.09. The Kier molecular flexibility index (Phi) is 5.18. The van der Waals surface area contributed by atoms with Crippen LogP contribution in [0.15, 0.2) is 24.3 Å². The molecule has 1 N–H and O–H groups in total.